The smallest absolute Gasteiger partial charge is 0.0212 e. The summed E-state index contributed by atoms with van der Waals surface area (Å²) in [4.78, 5) is 0. The Labute approximate surface area is 165 Å². The van der Waals surface area contributed by atoms with Gasteiger partial charge >= 0.3 is 0 Å². The van der Waals surface area contributed by atoms with Crippen LogP contribution in [0.3, 0.4) is 0 Å². The normalized spacial score (nSPS) is 30.5. The Kier molecular flexibility index (Phi) is 7.24. The van der Waals surface area contributed by atoms with Crippen LogP contribution in [0, 0.1) is 36.0 Å². The Morgan fingerprint density at radius 3 is 2.08 bits per heavy atom. The van der Waals surface area contributed by atoms with Crippen molar-refractivity contribution in [3.05, 3.63) is 35.4 Å². The van der Waals surface area contributed by atoms with Gasteiger partial charge in [-0.05, 0) is 79.7 Å². The summed E-state index contributed by atoms with van der Waals surface area (Å²) < 4.78 is 0. The van der Waals surface area contributed by atoms with E-state index in [0.29, 0.717) is 5.92 Å². The Morgan fingerprint density at radius 1 is 0.962 bits per heavy atom. The Bertz CT molecular complexity index is 569. The van der Waals surface area contributed by atoms with Gasteiger partial charge < -0.3 is 0 Å². The van der Waals surface area contributed by atoms with Crippen LogP contribution in [-0.4, -0.2) is 0 Å². The van der Waals surface area contributed by atoms with E-state index in [2.05, 4.69) is 44.0 Å². The first-order valence-electron chi connectivity index (χ1n) is 11.2. The number of hydrogen-bond donors (Lipinski definition) is 0. The summed E-state index contributed by atoms with van der Waals surface area (Å²) in [6.45, 7) is 4.47. The third-order valence-electron chi connectivity index (χ3n) is 7.30. The van der Waals surface area contributed by atoms with Crippen molar-refractivity contribution in [3.63, 3.8) is 0 Å². The second kappa shape index (κ2) is 9.64. The zero-order chi connectivity index (χ0) is 18.4. The van der Waals surface area contributed by atoms with Gasteiger partial charge in [0.15, 0.2) is 0 Å². The quantitative estimate of drug-likeness (QED) is 0.456. The first-order valence-corrected chi connectivity index (χ1v) is 11.2. The lowest BCUT2D eigenvalue weighted by Gasteiger charge is -2.38. The fourth-order valence-corrected chi connectivity index (χ4v) is 5.62. The summed E-state index contributed by atoms with van der Waals surface area (Å²) in [7, 11) is 0. The second-order valence-electron chi connectivity index (χ2n) is 9.19. The van der Waals surface area contributed by atoms with Gasteiger partial charge in [-0.2, -0.15) is 0 Å². The Hall–Kier alpha value is -1.22. The highest BCUT2D eigenvalue weighted by molar-refractivity contribution is 5.26. The van der Waals surface area contributed by atoms with E-state index in [-0.39, 0.29) is 2.85 Å². The van der Waals surface area contributed by atoms with Crippen molar-refractivity contribution < 1.29 is 2.85 Å². The van der Waals surface area contributed by atoms with Crippen LogP contribution in [0.15, 0.2) is 24.3 Å². The molecule has 26 heavy (non-hydrogen) atoms. The van der Waals surface area contributed by atoms with Gasteiger partial charge in [-0.1, -0.05) is 63.8 Å². The highest BCUT2D eigenvalue weighted by Gasteiger charge is 2.31. The van der Waals surface area contributed by atoms with Gasteiger partial charge in [0.25, 0.3) is 0 Å². The summed E-state index contributed by atoms with van der Waals surface area (Å²) in [6.07, 6.45) is 21.1. The number of terminal acetylenes is 1. The van der Waals surface area contributed by atoms with Crippen LogP contribution in [0.25, 0.3) is 0 Å². The van der Waals surface area contributed by atoms with Crippen molar-refractivity contribution in [1.82, 2.24) is 0 Å². The second-order valence-corrected chi connectivity index (χ2v) is 9.19. The monoisotopic (exact) mass is 354 g/mol. The summed E-state index contributed by atoms with van der Waals surface area (Å²) in [5, 5.41) is 0. The molecule has 0 aromatic heterocycles. The highest BCUT2D eigenvalue weighted by Crippen LogP contribution is 2.44. The van der Waals surface area contributed by atoms with E-state index in [1.54, 1.807) is 5.56 Å². The minimum Gasteiger partial charge on any atom is -0.120 e. The van der Waals surface area contributed by atoms with E-state index in [1.807, 2.05) is 0 Å². The molecule has 1 unspecified atom stereocenters. The molecule has 0 amide bonds. The van der Waals surface area contributed by atoms with E-state index < -0.39 is 0 Å². The average Bonchev–Trinajstić information content (AvgIpc) is 2.69. The summed E-state index contributed by atoms with van der Waals surface area (Å²) in [5.41, 5.74) is 2.95. The third kappa shape index (κ3) is 5.16. The minimum absolute atomic E-state index is 0. The van der Waals surface area contributed by atoms with Crippen molar-refractivity contribution in [2.45, 2.75) is 90.4 Å². The van der Waals surface area contributed by atoms with Gasteiger partial charge in [0.2, 0.25) is 0 Å². The molecule has 2 fully saturated rings. The molecule has 0 aliphatic heterocycles. The van der Waals surface area contributed by atoms with Crippen molar-refractivity contribution in [3.8, 4) is 12.3 Å². The van der Waals surface area contributed by atoms with E-state index >= 15 is 0 Å². The van der Waals surface area contributed by atoms with Gasteiger partial charge in [-0.15, -0.1) is 12.3 Å². The lowest BCUT2D eigenvalue weighted by Crippen LogP contribution is -2.25. The molecule has 0 heterocycles. The molecule has 1 aromatic carbocycles. The Morgan fingerprint density at radius 2 is 1.54 bits per heavy atom. The van der Waals surface area contributed by atoms with E-state index in [0.717, 1.165) is 30.1 Å². The molecular formula is C26H42. The zero-order valence-corrected chi connectivity index (χ0v) is 17.1. The van der Waals surface area contributed by atoms with Gasteiger partial charge in [-0.25, -0.2) is 0 Å². The molecule has 1 atom stereocenters. The molecule has 0 N–H and O–H groups in total. The summed E-state index contributed by atoms with van der Waals surface area (Å²) in [5.74, 6) is 7.07. The van der Waals surface area contributed by atoms with Crippen LogP contribution in [0.1, 0.15) is 98.0 Å². The lowest BCUT2D eigenvalue weighted by atomic mass is 9.68. The van der Waals surface area contributed by atoms with E-state index in [4.69, 9.17) is 6.42 Å². The molecule has 0 nitrogen and oxygen atoms in total. The standard InChI is InChI=1S/C26H38.2H2/c1-4-6-21-7-11-23(12-8-21)25-15-17-26(18-16-25)24-13-9-22(10-14-24)19-20(3)5-2;;/h2,9-10,13-14,20-21,23,25-26H,4,6-8,11-12,15-19H2,1,3H3;2*1H. The first-order chi connectivity index (χ1) is 12.7. The van der Waals surface area contributed by atoms with E-state index in [1.165, 1.54) is 69.8 Å². The lowest BCUT2D eigenvalue weighted by molar-refractivity contribution is 0.156. The molecule has 0 radical (unpaired) electrons. The number of benzene rings is 1. The highest BCUT2D eigenvalue weighted by atomic mass is 14.4. The molecule has 2 aliphatic rings. The molecule has 1 aromatic rings. The van der Waals surface area contributed by atoms with Crippen molar-refractivity contribution >= 4 is 0 Å². The zero-order valence-electron chi connectivity index (χ0n) is 17.1. The molecule has 2 aliphatic carbocycles. The van der Waals surface area contributed by atoms with Crippen LogP contribution in [0.5, 0.6) is 0 Å². The number of hydrogen-bond acceptors (Lipinski definition) is 0. The van der Waals surface area contributed by atoms with Crippen LogP contribution < -0.4 is 0 Å². The first kappa shape index (κ1) is 19.5. The largest absolute Gasteiger partial charge is 0.120 e. The summed E-state index contributed by atoms with van der Waals surface area (Å²) in [6, 6.07) is 9.37. The maximum absolute atomic E-state index is 5.51. The van der Waals surface area contributed by atoms with Crippen molar-refractivity contribution in [2.75, 3.05) is 0 Å². The SMILES string of the molecule is C#CC(C)Cc1ccc(C2CCC(C3CCC(CCC)CC3)CC2)cc1.[HH].[HH]. The molecule has 0 saturated heterocycles. The van der Waals surface area contributed by atoms with Crippen LogP contribution in [0.4, 0.5) is 0 Å². The fourth-order valence-electron chi connectivity index (χ4n) is 5.62. The maximum atomic E-state index is 5.51. The summed E-state index contributed by atoms with van der Waals surface area (Å²) >= 11 is 0. The molecule has 0 spiro atoms. The maximum Gasteiger partial charge on any atom is 0.0212 e. The number of rotatable bonds is 6. The van der Waals surface area contributed by atoms with Gasteiger partial charge in [-0.3, -0.25) is 0 Å². The molecular weight excluding hydrogens is 312 g/mol. The van der Waals surface area contributed by atoms with E-state index in [9.17, 15) is 0 Å². The predicted octanol–water partition coefficient (Wildman–Crippen LogP) is 7.87. The Balaban J connectivity index is 0.00000196. The van der Waals surface area contributed by atoms with Crippen molar-refractivity contribution in [2.24, 2.45) is 23.7 Å². The molecule has 3 rings (SSSR count). The van der Waals surface area contributed by atoms with Gasteiger partial charge in [0.05, 0.1) is 0 Å². The van der Waals surface area contributed by atoms with Crippen LogP contribution in [-0.2, 0) is 6.42 Å². The topological polar surface area (TPSA) is 0 Å². The van der Waals surface area contributed by atoms with Gasteiger partial charge in [0.1, 0.15) is 0 Å². The van der Waals surface area contributed by atoms with Crippen molar-refractivity contribution in [1.29, 1.82) is 0 Å². The predicted molar refractivity (Wildman–Crippen MR) is 117 cm³/mol. The molecule has 0 bridgehead atoms. The fraction of sp³-hybridized carbons (Fsp3) is 0.692. The minimum atomic E-state index is 0. The molecule has 2 saturated carbocycles. The van der Waals surface area contributed by atoms with Crippen LogP contribution >= 0.6 is 0 Å². The average molecular weight is 355 g/mol. The van der Waals surface area contributed by atoms with Crippen LogP contribution in [0.2, 0.25) is 0 Å². The third-order valence-corrected chi connectivity index (χ3v) is 7.30. The molecule has 0 heteroatoms. The molecule has 146 valence electrons. The van der Waals surface area contributed by atoms with Gasteiger partial charge in [0, 0.05) is 8.77 Å².